The number of aliphatic hydroxyl groups is 2. The molecule has 106 heavy (non-hydrogen) atoms. The number of benzene rings is 13. The second-order valence-electron chi connectivity index (χ2n) is 26.3. The monoisotopic (exact) mass is 1400 g/mol. The molecule has 13 nitrogen and oxygen atoms in total. The number of ether oxygens (including phenoxy) is 11. The Hall–Kier alpha value is -12.4. The highest BCUT2D eigenvalue weighted by atomic mass is 16.6. The Bertz CT molecular complexity index is 4900. The second kappa shape index (κ2) is 33.8. The van der Waals surface area contributed by atoms with Crippen LogP contribution in [0.2, 0.25) is 0 Å². The molecule has 2 heterocycles. The molecule has 0 aromatic heterocycles. The van der Waals surface area contributed by atoms with Crippen LogP contribution >= 0.6 is 0 Å². The van der Waals surface area contributed by atoms with Crippen LogP contribution in [0, 0.1) is 0 Å². The number of aliphatic hydroxyl groups excluding tert-OH is 2. The molecule has 0 radical (unpaired) electrons. The molecule has 0 amide bonds. The van der Waals surface area contributed by atoms with Gasteiger partial charge in [-0.25, -0.2) is 0 Å². The lowest BCUT2D eigenvalue weighted by molar-refractivity contribution is 0.000419. The van der Waals surface area contributed by atoms with E-state index < -0.39 is 30.3 Å². The van der Waals surface area contributed by atoms with Crippen molar-refractivity contribution in [3.63, 3.8) is 0 Å². The van der Waals surface area contributed by atoms with Crippen LogP contribution in [-0.2, 0) is 65.9 Å². The van der Waals surface area contributed by atoms with E-state index in [9.17, 15) is 10.2 Å². The molecule has 2 aliphatic heterocycles. The zero-order valence-electron chi connectivity index (χ0n) is 58.4. The molecule has 0 fully saturated rings. The average molecular weight is 1410 g/mol. The van der Waals surface area contributed by atoms with Gasteiger partial charge in [-0.2, -0.15) is 0 Å². The maximum absolute atomic E-state index is 14.5. The Kier molecular flexibility index (Phi) is 22.1. The second-order valence-corrected chi connectivity index (χ2v) is 26.3. The molecule has 0 aliphatic carbocycles. The van der Waals surface area contributed by atoms with E-state index in [0.29, 0.717) is 91.1 Å². The van der Waals surface area contributed by atoms with Gasteiger partial charge in [0.15, 0.2) is 29.1 Å². The fourth-order valence-electron chi connectivity index (χ4n) is 13.3. The largest absolute Gasteiger partial charge is 0.489 e. The zero-order chi connectivity index (χ0) is 71.6. The zero-order valence-corrected chi connectivity index (χ0v) is 58.4. The molecule has 5 atom stereocenters. The van der Waals surface area contributed by atoms with E-state index in [4.69, 9.17) is 52.1 Å². The Balaban J connectivity index is 0.940. The standard InChI is InChI=1S/C93H80O13/c94-77-53-76-79(98-57-66-32-14-3-15-33-66)54-82(101-60-69-38-20-6-21-39-69)87(92(76)106-90(77)73-46-47-78(97-56-65-30-12-2-13-31-65)80(48-73)99-58-67-34-16-4-17-35-67)88-86-81(100-59-68-36-18-5-19-37-68)51-75(96-55-64-28-10-1-11-29-64)52-83(86)105-91(89(88)95)74-49-84(102-61-70-40-22-7-23-41-70)93(104-63-72-44-26-9-27-45-72)85(50-74)103-62-71-42-24-8-25-43-71/h1-52,54,77,88-91,94-95H,53,55-63H2/t77-,88-,89-,90+,91+/m0/s1. The van der Waals surface area contributed by atoms with Gasteiger partial charge >= 0.3 is 0 Å². The van der Waals surface area contributed by atoms with E-state index in [0.717, 1.165) is 50.1 Å². The van der Waals surface area contributed by atoms with Crippen molar-refractivity contribution in [2.75, 3.05) is 0 Å². The third-order valence-electron chi connectivity index (χ3n) is 18.8. The summed E-state index contributed by atoms with van der Waals surface area (Å²) in [6.07, 6.45) is -4.92. The van der Waals surface area contributed by atoms with Crippen molar-refractivity contribution in [2.45, 2.75) is 96.2 Å². The maximum atomic E-state index is 14.5. The van der Waals surface area contributed by atoms with Gasteiger partial charge in [-0.05, 0) is 79.9 Å². The van der Waals surface area contributed by atoms with Gasteiger partial charge in [-0.3, -0.25) is 0 Å². The minimum atomic E-state index is -1.52. The van der Waals surface area contributed by atoms with E-state index in [1.54, 1.807) is 0 Å². The number of hydrogen-bond donors (Lipinski definition) is 2. The SMILES string of the molecule is O[C@H]1[C@H](c2c(OCc3ccccc3)cc(OCc3ccccc3)c3c2O[C@H](c2ccc(OCc4ccccc4)c(OCc4ccccc4)c2)[C@@H](O)C3)c2c(OCc3ccccc3)cc(OCc3ccccc3)cc2O[C@@H]1c1cc(OCc2ccccc2)c(OCc2ccccc2)c(OCc2ccccc2)c1. The van der Waals surface area contributed by atoms with Gasteiger partial charge in [-0.1, -0.05) is 279 Å². The van der Waals surface area contributed by atoms with Crippen molar-refractivity contribution >= 4 is 0 Å². The van der Waals surface area contributed by atoms with Crippen molar-refractivity contribution in [3.8, 4) is 63.2 Å². The summed E-state index contributed by atoms with van der Waals surface area (Å²) < 4.78 is 77.4. The third-order valence-corrected chi connectivity index (χ3v) is 18.8. The van der Waals surface area contributed by atoms with E-state index >= 15 is 0 Å². The van der Waals surface area contributed by atoms with Gasteiger partial charge in [0.2, 0.25) is 5.75 Å². The first-order chi connectivity index (χ1) is 52.3. The van der Waals surface area contributed by atoms with Gasteiger partial charge in [0, 0.05) is 46.9 Å². The molecule has 13 heteroatoms. The van der Waals surface area contributed by atoms with Gasteiger partial charge < -0.3 is 62.3 Å². The van der Waals surface area contributed by atoms with Crippen LogP contribution in [-0.4, -0.2) is 22.4 Å². The van der Waals surface area contributed by atoms with Crippen LogP contribution in [0.4, 0.5) is 0 Å². The van der Waals surface area contributed by atoms with Crippen molar-refractivity contribution in [1.29, 1.82) is 0 Å². The number of hydrogen-bond acceptors (Lipinski definition) is 13. The van der Waals surface area contributed by atoms with E-state index in [-0.39, 0.29) is 65.9 Å². The molecule has 13 aromatic rings. The molecule has 0 bridgehead atoms. The smallest absolute Gasteiger partial charge is 0.203 e. The minimum Gasteiger partial charge on any atom is -0.489 e. The highest BCUT2D eigenvalue weighted by molar-refractivity contribution is 5.67. The topological polar surface area (TPSA) is 142 Å². The Labute approximate surface area is 617 Å². The Morgan fingerprint density at radius 2 is 0.613 bits per heavy atom. The summed E-state index contributed by atoms with van der Waals surface area (Å²) in [5, 5.41) is 27.5. The van der Waals surface area contributed by atoms with Gasteiger partial charge in [0.05, 0.1) is 12.0 Å². The minimum absolute atomic E-state index is 0.0381. The fraction of sp³-hybridized carbons (Fsp3) is 0.161. The molecular weight excluding hydrogens is 1330 g/mol. The predicted octanol–water partition coefficient (Wildman–Crippen LogP) is 19.6. The van der Waals surface area contributed by atoms with Crippen molar-refractivity contribution in [2.24, 2.45) is 0 Å². The number of fused-ring (bicyclic) bond motifs is 2. The van der Waals surface area contributed by atoms with Crippen LogP contribution in [0.1, 0.15) is 96.0 Å². The third kappa shape index (κ3) is 17.1. The lowest BCUT2D eigenvalue weighted by atomic mass is 9.77. The van der Waals surface area contributed by atoms with Gasteiger partial charge in [0.1, 0.15) is 106 Å². The summed E-state index contributed by atoms with van der Waals surface area (Å²) in [6, 6.07) is 104. The Morgan fingerprint density at radius 1 is 0.274 bits per heavy atom. The first-order valence-corrected chi connectivity index (χ1v) is 35.8. The quantitative estimate of drug-likeness (QED) is 0.0441. The molecular formula is C93H80O13. The molecule has 530 valence electrons. The first kappa shape index (κ1) is 69.3. The lowest BCUT2D eigenvalue weighted by Crippen LogP contribution is -2.37. The predicted molar refractivity (Wildman–Crippen MR) is 407 cm³/mol. The molecule has 2 aliphatic rings. The summed E-state index contributed by atoms with van der Waals surface area (Å²) in [5.41, 5.74) is 10.9. The molecule has 2 N–H and O–H groups in total. The average Bonchev–Trinajstić information content (AvgIpc) is 0.721. The van der Waals surface area contributed by atoms with Gasteiger partial charge in [0.25, 0.3) is 0 Å². The molecule has 0 spiro atoms. The summed E-state index contributed by atoms with van der Waals surface area (Å²) in [6.45, 7) is 1.63. The molecule has 0 saturated carbocycles. The van der Waals surface area contributed by atoms with Crippen molar-refractivity contribution in [3.05, 3.63) is 399 Å². The fourth-order valence-corrected chi connectivity index (χ4v) is 13.3. The molecule has 0 unspecified atom stereocenters. The molecule has 0 saturated heterocycles. The summed E-state index contributed by atoms with van der Waals surface area (Å²) in [7, 11) is 0. The lowest BCUT2D eigenvalue weighted by Gasteiger charge is -2.41. The van der Waals surface area contributed by atoms with Crippen molar-refractivity contribution < 1.29 is 62.3 Å². The van der Waals surface area contributed by atoms with E-state index in [1.165, 1.54) is 0 Å². The van der Waals surface area contributed by atoms with E-state index in [2.05, 4.69) is 0 Å². The van der Waals surface area contributed by atoms with E-state index in [1.807, 2.05) is 322 Å². The maximum Gasteiger partial charge on any atom is 0.203 e. The van der Waals surface area contributed by atoms with Crippen LogP contribution < -0.4 is 52.1 Å². The van der Waals surface area contributed by atoms with Crippen molar-refractivity contribution in [1.82, 2.24) is 0 Å². The highest BCUT2D eigenvalue weighted by Gasteiger charge is 2.48. The first-order valence-electron chi connectivity index (χ1n) is 35.8. The number of rotatable bonds is 30. The van der Waals surface area contributed by atoms with Crippen LogP contribution in [0.25, 0.3) is 0 Å². The van der Waals surface area contributed by atoms with Crippen LogP contribution in [0.15, 0.2) is 322 Å². The van der Waals surface area contributed by atoms with Gasteiger partial charge in [-0.15, -0.1) is 0 Å². The summed E-state index contributed by atoms with van der Waals surface area (Å²) in [5.74, 6) is 3.05. The molecule has 13 aromatic carbocycles. The molecule has 15 rings (SSSR count). The summed E-state index contributed by atoms with van der Waals surface area (Å²) >= 11 is 0. The summed E-state index contributed by atoms with van der Waals surface area (Å²) in [4.78, 5) is 0. The Morgan fingerprint density at radius 3 is 1.03 bits per heavy atom. The normalized spacial score (nSPS) is 15.6. The highest BCUT2D eigenvalue weighted by Crippen LogP contribution is 2.59. The van der Waals surface area contributed by atoms with Crippen LogP contribution in [0.3, 0.4) is 0 Å². The van der Waals surface area contributed by atoms with Crippen LogP contribution in [0.5, 0.6) is 63.2 Å².